The normalized spacial score (nSPS) is 21.6. The molecule has 5 heteroatoms. The zero-order valence-corrected chi connectivity index (χ0v) is 23.2. The molecule has 37 heavy (non-hydrogen) atoms. The smallest absolute Gasteiger partial charge is 0.110 e. The first kappa shape index (κ1) is 23.2. The van der Waals surface area contributed by atoms with Gasteiger partial charge in [0, 0.05) is 37.1 Å². The lowest BCUT2D eigenvalue weighted by molar-refractivity contribution is 0.676. The van der Waals surface area contributed by atoms with E-state index in [0.29, 0.717) is 17.8 Å². The maximum absolute atomic E-state index is 5.15. The minimum atomic E-state index is -1.00. The van der Waals surface area contributed by atoms with Crippen LogP contribution in [0.15, 0.2) is 54.7 Å². The Morgan fingerprint density at radius 3 is 1.95 bits per heavy atom. The van der Waals surface area contributed by atoms with Crippen molar-refractivity contribution in [3.63, 3.8) is 0 Å². The second kappa shape index (κ2) is 9.12. The van der Waals surface area contributed by atoms with Gasteiger partial charge in [0.1, 0.15) is 11.6 Å². The van der Waals surface area contributed by atoms with Gasteiger partial charge in [-0.15, -0.1) is 0 Å². The number of H-pyrrole nitrogens is 2. The van der Waals surface area contributed by atoms with E-state index < -0.39 is 8.07 Å². The number of hydrogen-bond acceptors (Lipinski definition) is 2. The average Bonchev–Trinajstić information content (AvgIpc) is 3.35. The molecule has 3 fully saturated rings. The first-order valence-corrected chi connectivity index (χ1v) is 17.8. The third-order valence-electron chi connectivity index (χ3n) is 9.12. The van der Waals surface area contributed by atoms with Crippen LogP contribution in [0.2, 0.25) is 25.2 Å². The first-order chi connectivity index (χ1) is 18.0. The number of aromatic amines is 2. The number of aromatic nitrogens is 4. The zero-order chi connectivity index (χ0) is 25.0. The van der Waals surface area contributed by atoms with Crippen molar-refractivity contribution < 1.29 is 0 Å². The SMILES string of the molecule is C[Si]1(C)CC[C@H](c2ncc(-c3ccc(-c4ccc(-c5nc(C6CCCC6)[nH]c5C5CC5)cc4)cc3)[nH]2)C1. The molecule has 0 spiro atoms. The molecule has 0 radical (unpaired) electrons. The molecule has 0 amide bonds. The molecule has 190 valence electrons. The summed E-state index contributed by atoms with van der Waals surface area (Å²) >= 11 is 0. The van der Waals surface area contributed by atoms with E-state index in [1.165, 1.54) is 102 Å². The summed E-state index contributed by atoms with van der Waals surface area (Å²) in [6.45, 7) is 5.02. The molecule has 1 atom stereocenters. The quantitative estimate of drug-likeness (QED) is 0.257. The van der Waals surface area contributed by atoms with Gasteiger partial charge in [-0.1, -0.05) is 80.5 Å². The van der Waals surface area contributed by atoms with Crippen LogP contribution in [0.4, 0.5) is 0 Å². The second-order valence-corrected chi connectivity index (χ2v) is 17.8. The van der Waals surface area contributed by atoms with Crippen molar-refractivity contribution in [1.29, 1.82) is 0 Å². The second-order valence-electron chi connectivity index (χ2n) is 12.6. The largest absolute Gasteiger partial charge is 0.345 e. The summed E-state index contributed by atoms with van der Waals surface area (Å²) in [7, 11) is -1.00. The molecular formula is C32H38N4Si. The van der Waals surface area contributed by atoms with Crippen molar-refractivity contribution in [2.75, 3.05) is 0 Å². The van der Waals surface area contributed by atoms with E-state index >= 15 is 0 Å². The fraction of sp³-hybridized carbons (Fsp3) is 0.438. The number of imidazole rings is 2. The summed E-state index contributed by atoms with van der Waals surface area (Å²) < 4.78 is 0. The molecule has 2 aromatic carbocycles. The van der Waals surface area contributed by atoms with E-state index in [0.717, 1.165) is 5.69 Å². The Hall–Kier alpha value is -2.92. The van der Waals surface area contributed by atoms with Crippen LogP contribution in [-0.4, -0.2) is 28.0 Å². The molecule has 3 aliphatic rings. The predicted octanol–water partition coefficient (Wildman–Crippen LogP) is 8.86. The van der Waals surface area contributed by atoms with Gasteiger partial charge in [-0.3, -0.25) is 0 Å². The Labute approximate surface area is 221 Å². The van der Waals surface area contributed by atoms with Crippen molar-refractivity contribution in [1.82, 2.24) is 19.9 Å². The van der Waals surface area contributed by atoms with Crippen molar-refractivity contribution in [3.8, 4) is 33.6 Å². The van der Waals surface area contributed by atoms with Crippen molar-refractivity contribution in [2.24, 2.45) is 0 Å². The minimum Gasteiger partial charge on any atom is -0.345 e. The first-order valence-electron chi connectivity index (χ1n) is 14.4. The van der Waals surface area contributed by atoms with E-state index in [9.17, 15) is 0 Å². The van der Waals surface area contributed by atoms with Crippen LogP contribution in [0.25, 0.3) is 33.6 Å². The molecule has 2 aliphatic carbocycles. The Balaban J connectivity index is 1.09. The molecule has 1 aliphatic heterocycles. The number of rotatable bonds is 6. The lowest BCUT2D eigenvalue weighted by atomic mass is 10.00. The molecule has 4 nitrogen and oxygen atoms in total. The summed E-state index contributed by atoms with van der Waals surface area (Å²) in [5.41, 5.74) is 8.64. The molecule has 2 aromatic heterocycles. The Morgan fingerprint density at radius 2 is 1.32 bits per heavy atom. The van der Waals surface area contributed by atoms with Gasteiger partial charge < -0.3 is 9.97 Å². The predicted molar refractivity (Wildman–Crippen MR) is 155 cm³/mol. The van der Waals surface area contributed by atoms with Gasteiger partial charge in [0.2, 0.25) is 0 Å². The van der Waals surface area contributed by atoms with Gasteiger partial charge in [-0.25, -0.2) is 9.97 Å². The summed E-state index contributed by atoms with van der Waals surface area (Å²) in [6.07, 6.45) is 11.2. The fourth-order valence-corrected chi connectivity index (χ4v) is 9.77. The Morgan fingerprint density at radius 1 is 0.676 bits per heavy atom. The highest BCUT2D eigenvalue weighted by Gasteiger charge is 2.35. The van der Waals surface area contributed by atoms with Gasteiger partial charge >= 0.3 is 0 Å². The van der Waals surface area contributed by atoms with E-state index in [-0.39, 0.29) is 0 Å². The topological polar surface area (TPSA) is 57.4 Å². The lowest BCUT2D eigenvalue weighted by Crippen LogP contribution is -2.19. The van der Waals surface area contributed by atoms with Gasteiger partial charge in [0.25, 0.3) is 0 Å². The molecule has 1 saturated heterocycles. The molecule has 2 saturated carbocycles. The van der Waals surface area contributed by atoms with Crippen LogP contribution in [0.5, 0.6) is 0 Å². The van der Waals surface area contributed by atoms with Gasteiger partial charge in [-0.2, -0.15) is 0 Å². The van der Waals surface area contributed by atoms with Crippen LogP contribution in [0.3, 0.4) is 0 Å². The van der Waals surface area contributed by atoms with Crippen LogP contribution in [0.1, 0.15) is 80.0 Å². The van der Waals surface area contributed by atoms with Gasteiger partial charge in [0.15, 0.2) is 0 Å². The molecule has 7 rings (SSSR count). The monoisotopic (exact) mass is 506 g/mol. The van der Waals surface area contributed by atoms with Crippen LogP contribution < -0.4 is 0 Å². The molecule has 4 aromatic rings. The van der Waals surface area contributed by atoms with Crippen molar-refractivity contribution in [2.45, 2.75) is 87.9 Å². The number of nitrogens with one attached hydrogen (secondary N) is 2. The summed E-state index contributed by atoms with van der Waals surface area (Å²) in [5.74, 6) is 4.34. The molecule has 2 N–H and O–H groups in total. The number of hydrogen-bond donors (Lipinski definition) is 2. The molecule has 0 bridgehead atoms. The standard InChI is InChI=1S/C32H38N4Si/c1-37(2)18-17-27(20-37)31-33-19-28(34-31)23-11-7-21(8-12-23)22-9-13-24(14-10-22)29-30(25-15-16-25)36-32(35-29)26-5-3-4-6-26/h7-14,19,25-27H,3-6,15-18,20H2,1-2H3,(H,33,34)(H,35,36)/t27-/m0/s1. The van der Waals surface area contributed by atoms with Gasteiger partial charge in [0.05, 0.1) is 17.6 Å². The van der Waals surface area contributed by atoms with E-state index in [4.69, 9.17) is 9.97 Å². The highest BCUT2D eigenvalue weighted by atomic mass is 28.3. The van der Waals surface area contributed by atoms with E-state index in [2.05, 4.69) is 71.6 Å². The van der Waals surface area contributed by atoms with Crippen molar-refractivity contribution in [3.05, 3.63) is 72.1 Å². The Bertz CT molecular complexity index is 1390. The van der Waals surface area contributed by atoms with E-state index in [1.54, 1.807) is 0 Å². The molecular weight excluding hydrogens is 468 g/mol. The van der Waals surface area contributed by atoms with Crippen LogP contribution in [0, 0.1) is 0 Å². The average molecular weight is 507 g/mol. The molecule has 3 heterocycles. The minimum absolute atomic E-state index is 0.623. The fourth-order valence-electron chi connectivity index (χ4n) is 6.71. The third kappa shape index (κ3) is 4.63. The highest BCUT2D eigenvalue weighted by Crippen LogP contribution is 2.45. The highest BCUT2D eigenvalue weighted by molar-refractivity contribution is 6.78. The molecule has 0 unspecified atom stereocenters. The number of benzene rings is 2. The maximum atomic E-state index is 5.15. The summed E-state index contributed by atoms with van der Waals surface area (Å²) in [5, 5.41) is 0. The van der Waals surface area contributed by atoms with E-state index in [1.807, 2.05) is 6.20 Å². The zero-order valence-electron chi connectivity index (χ0n) is 22.2. The Kier molecular flexibility index (Phi) is 5.72. The third-order valence-corrected chi connectivity index (χ3v) is 12.4. The maximum Gasteiger partial charge on any atom is 0.110 e. The van der Waals surface area contributed by atoms with Crippen LogP contribution in [-0.2, 0) is 0 Å². The summed E-state index contributed by atoms with van der Waals surface area (Å²) in [6, 6.07) is 20.7. The number of nitrogens with zero attached hydrogens (tertiary/aromatic N) is 2. The van der Waals surface area contributed by atoms with Gasteiger partial charge in [-0.05, 0) is 54.8 Å². The lowest BCUT2D eigenvalue weighted by Gasteiger charge is -2.13. The summed E-state index contributed by atoms with van der Waals surface area (Å²) in [4.78, 5) is 17.3. The van der Waals surface area contributed by atoms with Crippen LogP contribution >= 0.6 is 0 Å². The van der Waals surface area contributed by atoms with Crippen molar-refractivity contribution >= 4 is 8.07 Å².